The number of phenolic OH excluding ortho intramolecular Hbond substituents is 1. The first-order valence-electron chi connectivity index (χ1n) is 11.1. The number of hydrogen-bond acceptors (Lipinski definition) is 5. The van der Waals surface area contributed by atoms with Gasteiger partial charge >= 0.3 is 6.03 Å². The van der Waals surface area contributed by atoms with Crippen LogP contribution in [0.5, 0.6) is 5.75 Å². The molecule has 2 bridgehead atoms. The smallest absolute Gasteiger partial charge is 0.322 e. The van der Waals surface area contributed by atoms with Crippen LogP contribution in [0.25, 0.3) is 0 Å². The van der Waals surface area contributed by atoms with Crippen molar-refractivity contribution in [2.24, 2.45) is 5.92 Å². The SMILES string of the molecule is CC(C)CCN1CC23C[C@@]4(C[C@]5(CC[C@@]4(O)[C@H]12)NC(=O)NC5=O)c1cc(O)ccc13. The van der Waals surface area contributed by atoms with Crippen LogP contribution in [0.3, 0.4) is 0 Å². The highest BCUT2D eigenvalue weighted by Crippen LogP contribution is 2.74. The second-order valence-corrected chi connectivity index (χ2v) is 10.8. The predicted molar refractivity (Wildman–Crippen MR) is 109 cm³/mol. The number of fused-ring (bicyclic) bond motifs is 2. The van der Waals surface area contributed by atoms with Crippen LogP contribution in [0.1, 0.15) is 57.1 Å². The van der Waals surface area contributed by atoms with Crippen molar-refractivity contribution >= 4 is 11.9 Å². The quantitative estimate of drug-likeness (QED) is 0.565. The predicted octanol–water partition coefficient (Wildman–Crippen LogP) is 1.51. The lowest BCUT2D eigenvalue weighted by Crippen LogP contribution is -2.76. The zero-order valence-electron chi connectivity index (χ0n) is 17.5. The van der Waals surface area contributed by atoms with E-state index in [1.165, 1.54) is 5.56 Å². The highest BCUT2D eigenvalue weighted by molar-refractivity contribution is 6.07. The van der Waals surface area contributed by atoms with E-state index in [0.29, 0.717) is 25.2 Å². The summed E-state index contributed by atoms with van der Waals surface area (Å²) >= 11 is 0. The van der Waals surface area contributed by atoms with Gasteiger partial charge in [-0.3, -0.25) is 15.0 Å². The fourth-order valence-corrected chi connectivity index (χ4v) is 7.82. The van der Waals surface area contributed by atoms with Gasteiger partial charge in [-0.15, -0.1) is 0 Å². The summed E-state index contributed by atoms with van der Waals surface area (Å²) in [5.41, 5.74) is -0.563. The van der Waals surface area contributed by atoms with Gasteiger partial charge in [-0.2, -0.15) is 0 Å². The number of aromatic hydroxyl groups is 1. The lowest BCUT2D eigenvalue weighted by atomic mass is 9.52. The molecule has 2 aliphatic heterocycles. The van der Waals surface area contributed by atoms with Crippen molar-refractivity contribution in [1.82, 2.24) is 15.5 Å². The number of benzene rings is 1. The van der Waals surface area contributed by atoms with Gasteiger partial charge in [-0.05, 0) is 67.8 Å². The van der Waals surface area contributed by atoms with E-state index in [2.05, 4.69) is 29.4 Å². The third kappa shape index (κ3) is 1.90. The van der Waals surface area contributed by atoms with Crippen LogP contribution in [0.2, 0.25) is 0 Å². The van der Waals surface area contributed by atoms with E-state index < -0.39 is 22.6 Å². The molecule has 7 nitrogen and oxygen atoms in total. The Morgan fingerprint density at radius 1 is 1.20 bits per heavy atom. The number of nitrogens with one attached hydrogen (secondary N) is 2. The van der Waals surface area contributed by atoms with E-state index in [4.69, 9.17) is 0 Å². The van der Waals surface area contributed by atoms with E-state index in [1.54, 1.807) is 12.1 Å². The molecule has 2 heterocycles. The number of phenols is 1. The van der Waals surface area contributed by atoms with Crippen LogP contribution in [0, 0.1) is 5.92 Å². The number of amides is 3. The van der Waals surface area contributed by atoms with Gasteiger partial charge in [0.1, 0.15) is 11.3 Å². The Bertz CT molecular complexity index is 995. The van der Waals surface area contributed by atoms with Gasteiger partial charge in [0, 0.05) is 17.4 Å². The van der Waals surface area contributed by atoms with Crippen LogP contribution in [-0.4, -0.2) is 57.3 Å². The highest BCUT2D eigenvalue weighted by atomic mass is 16.3. The second-order valence-electron chi connectivity index (χ2n) is 10.8. The summed E-state index contributed by atoms with van der Waals surface area (Å²) in [6.07, 6.45) is 3.12. The summed E-state index contributed by atoms with van der Waals surface area (Å²) in [5.74, 6) is 0.490. The highest BCUT2D eigenvalue weighted by Gasteiger charge is 2.82. The molecular formula is C23H29N3O4. The molecule has 6 rings (SSSR count). The van der Waals surface area contributed by atoms with E-state index in [-0.39, 0.29) is 23.1 Å². The molecule has 0 radical (unpaired) electrons. The Labute approximate surface area is 175 Å². The fourth-order valence-electron chi connectivity index (χ4n) is 7.82. The van der Waals surface area contributed by atoms with Crippen molar-refractivity contribution in [3.8, 4) is 5.75 Å². The molecule has 30 heavy (non-hydrogen) atoms. The molecule has 2 saturated carbocycles. The Hall–Kier alpha value is -2.12. The van der Waals surface area contributed by atoms with Crippen molar-refractivity contribution in [3.05, 3.63) is 29.3 Å². The Kier molecular flexibility index (Phi) is 3.34. The van der Waals surface area contributed by atoms with E-state index in [9.17, 15) is 19.8 Å². The van der Waals surface area contributed by atoms with Crippen LogP contribution in [-0.2, 0) is 15.6 Å². The zero-order valence-corrected chi connectivity index (χ0v) is 17.5. The zero-order chi connectivity index (χ0) is 21.1. The summed E-state index contributed by atoms with van der Waals surface area (Å²) in [7, 11) is 0. The summed E-state index contributed by atoms with van der Waals surface area (Å²) < 4.78 is 0. The molecule has 1 unspecified atom stereocenters. The number of hydrogen-bond donors (Lipinski definition) is 4. The van der Waals surface area contributed by atoms with Crippen molar-refractivity contribution in [1.29, 1.82) is 0 Å². The minimum atomic E-state index is -0.982. The number of imide groups is 1. The van der Waals surface area contributed by atoms with Gasteiger partial charge in [-0.1, -0.05) is 19.9 Å². The molecule has 4 fully saturated rings. The molecular weight excluding hydrogens is 382 g/mol. The average Bonchev–Trinajstić information content (AvgIpc) is 3.15. The van der Waals surface area contributed by atoms with Crippen molar-refractivity contribution in [3.63, 3.8) is 0 Å². The van der Waals surface area contributed by atoms with Gasteiger partial charge in [0.2, 0.25) is 0 Å². The Morgan fingerprint density at radius 2 is 2.00 bits per heavy atom. The van der Waals surface area contributed by atoms with Crippen molar-refractivity contribution in [2.45, 2.75) is 74.0 Å². The average molecular weight is 412 g/mol. The minimum Gasteiger partial charge on any atom is -0.508 e. The number of nitrogens with zero attached hydrogens (tertiary/aromatic N) is 1. The summed E-state index contributed by atoms with van der Waals surface area (Å²) in [6.45, 7) is 6.29. The first-order valence-corrected chi connectivity index (χ1v) is 11.1. The molecule has 3 amide bonds. The van der Waals surface area contributed by atoms with E-state index in [1.807, 2.05) is 6.07 Å². The summed E-state index contributed by atoms with van der Waals surface area (Å²) in [6, 6.07) is 5.11. The molecule has 3 spiro atoms. The van der Waals surface area contributed by atoms with Crippen LogP contribution < -0.4 is 10.6 Å². The van der Waals surface area contributed by atoms with Crippen LogP contribution in [0.4, 0.5) is 4.79 Å². The lowest BCUT2D eigenvalue weighted by Gasteiger charge is -2.63. The fraction of sp³-hybridized carbons (Fsp3) is 0.652. The number of rotatable bonds is 3. The number of carbonyl (C=O) groups excluding carboxylic acids is 2. The largest absolute Gasteiger partial charge is 0.508 e. The molecule has 7 heteroatoms. The Balaban J connectivity index is 1.48. The third-order valence-corrected chi connectivity index (χ3v) is 8.87. The normalized spacial score (nSPS) is 43.3. The van der Waals surface area contributed by atoms with Gasteiger partial charge < -0.3 is 15.5 Å². The maximum Gasteiger partial charge on any atom is 0.322 e. The van der Waals surface area contributed by atoms with E-state index >= 15 is 0 Å². The van der Waals surface area contributed by atoms with Gasteiger partial charge in [-0.25, -0.2) is 4.79 Å². The third-order valence-electron chi connectivity index (χ3n) is 8.87. The second kappa shape index (κ2) is 5.37. The standard InChI is InChI=1S/C23H29N3O4/c1-13(2)5-8-26-12-20-10-21(16-9-14(27)3-4-15(16)20)11-22(18(28)24-19(29)25-22)6-7-23(21,30)17(20)26/h3-4,9,13,17,27,30H,5-8,10-12H2,1-2H3,(H2,24,25,28,29)/t17-,20?,21-,22+,23-/m1/s1. The van der Waals surface area contributed by atoms with Gasteiger partial charge in [0.05, 0.1) is 11.6 Å². The monoisotopic (exact) mass is 411 g/mol. The molecule has 2 saturated heterocycles. The molecule has 3 aliphatic carbocycles. The molecule has 1 aromatic rings. The van der Waals surface area contributed by atoms with Crippen LogP contribution in [0.15, 0.2) is 18.2 Å². The maximum atomic E-state index is 12.8. The van der Waals surface area contributed by atoms with Gasteiger partial charge in [0.25, 0.3) is 5.91 Å². The maximum absolute atomic E-state index is 12.8. The lowest BCUT2D eigenvalue weighted by molar-refractivity contribution is -0.159. The number of urea groups is 1. The molecule has 0 aromatic heterocycles. The first-order chi connectivity index (χ1) is 14.2. The van der Waals surface area contributed by atoms with Gasteiger partial charge in [0.15, 0.2) is 0 Å². The summed E-state index contributed by atoms with van der Waals surface area (Å²) in [4.78, 5) is 27.2. The Morgan fingerprint density at radius 3 is 2.70 bits per heavy atom. The molecule has 4 N–H and O–H groups in total. The minimum absolute atomic E-state index is 0.0262. The van der Waals surface area contributed by atoms with Crippen LogP contribution >= 0.6 is 0 Å². The number of carbonyl (C=O) groups is 2. The molecule has 160 valence electrons. The topological polar surface area (TPSA) is 102 Å². The van der Waals surface area contributed by atoms with Crippen molar-refractivity contribution in [2.75, 3.05) is 13.1 Å². The first kappa shape index (κ1) is 18.6. The molecule has 5 aliphatic rings. The summed E-state index contributed by atoms with van der Waals surface area (Å²) in [5, 5.41) is 27.8. The molecule has 1 aromatic carbocycles. The molecule has 5 atom stereocenters. The number of likely N-dealkylation sites (tertiary alicyclic amines) is 1. The number of aliphatic hydroxyl groups is 1. The van der Waals surface area contributed by atoms with E-state index in [0.717, 1.165) is 31.5 Å². The van der Waals surface area contributed by atoms with Crippen molar-refractivity contribution < 1.29 is 19.8 Å².